The topological polar surface area (TPSA) is 41.1 Å². The molecule has 1 saturated carbocycles. The number of hydrogen-bond acceptors (Lipinski definition) is 2. The van der Waals surface area contributed by atoms with Crippen molar-refractivity contribution >= 4 is 5.91 Å². The van der Waals surface area contributed by atoms with Crippen molar-refractivity contribution in [1.29, 1.82) is 0 Å². The highest BCUT2D eigenvalue weighted by Gasteiger charge is 2.38. The number of nitrogens with one attached hydrogen (secondary N) is 2. The predicted octanol–water partition coefficient (Wildman–Crippen LogP) is 2.22. The molecule has 3 nitrogen and oxygen atoms in total. The summed E-state index contributed by atoms with van der Waals surface area (Å²) in [5.41, 5.74) is -0.0884. The van der Waals surface area contributed by atoms with Crippen LogP contribution in [0, 0.1) is 5.41 Å². The first-order valence-electron chi connectivity index (χ1n) is 7.08. The highest BCUT2D eigenvalue weighted by molar-refractivity contribution is 5.83. The molecule has 1 saturated heterocycles. The van der Waals surface area contributed by atoms with Gasteiger partial charge < -0.3 is 10.6 Å². The Morgan fingerprint density at radius 2 is 1.59 bits per heavy atom. The quantitative estimate of drug-likeness (QED) is 0.774. The molecule has 2 fully saturated rings. The second-order valence-electron chi connectivity index (χ2n) is 6.39. The second kappa shape index (κ2) is 4.97. The Morgan fingerprint density at radius 1 is 1.00 bits per heavy atom. The zero-order chi connectivity index (χ0) is 12.4. The smallest absolute Gasteiger partial charge is 0.226 e. The highest BCUT2D eigenvalue weighted by Crippen LogP contribution is 2.36. The predicted molar refractivity (Wildman–Crippen MR) is 69.8 cm³/mol. The molecule has 98 valence electrons. The Kier molecular flexibility index (Phi) is 3.76. The maximum atomic E-state index is 12.5. The first kappa shape index (κ1) is 12.9. The first-order valence-corrected chi connectivity index (χ1v) is 7.08. The standard InChI is InChI=1S/C14H26N2O/c1-13(6-4-3-5-7-13)12(17)16-14(2)8-10-15-11-9-14/h15H,3-11H2,1-2H3,(H,16,17). The van der Waals surface area contributed by atoms with E-state index in [4.69, 9.17) is 0 Å². The summed E-state index contributed by atoms with van der Waals surface area (Å²) in [5, 5.41) is 6.68. The molecule has 0 spiro atoms. The van der Waals surface area contributed by atoms with Gasteiger partial charge in [-0.15, -0.1) is 0 Å². The number of carbonyl (C=O) groups is 1. The summed E-state index contributed by atoms with van der Waals surface area (Å²) in [4.78, 5) is 12.5. The highest BCUT2D eigenvalue weighted by atomic mass is 16.2. The van der Waals surface area contributed by atoms with Crippen LogP contribution in [0.15, 0.2) is 0 Å². The largest absolute Gasteiger partial charge is 0.350 e. The minimum atomic E-state index is -0.105. The Morgan fingerprint density at radius 3 is 2.18 bits per heavy atom. The molecular formula is C14H26N2O. The van der Waals surface area contributed by atoms with Crippen molar-refractivity contribution in [3.63, 3.8) is 0 Å². The van der Waals surface area contributed by atoms with Crippen molar-refractivity contribution in [1.82, 2.24) is 10.6 Å². The molecule has 0 aromatic rings. The van der Waals surface area contributed by atoms with E-state index in [1.54, 1.807) is 0 Å². The van der Waals surface area contributed by atoms with Crippen LogP contribution in [0.5, 0.6) is 0 Å². The van der Waals surface area contributed by atoms with Gasteiger partial charge in [0.25, 0.3) is 0 Å². The van der Waals surface area contributed by atoms with Gasteiger partial charge in [-0.2, -0.15) is 0 Å². The number of carbonyl (C=O) groups excluding carboxylic acids is 1. The van der Waals surface area contributed by atoms with Crippen LogP contribution in [0.4, 0.5) is 0 Å². The van der Waals surface area contributed by atoms with Crippen LogP contribution >= 0.6 is 0 Å². The van der Waals surface area contributed by atoms with Gasteiger partial charge in [0.2, 0.25) is 5.91 Å². The van der Waals surface area contributed by atoms with Crippen LogP contribution < -0.4 is 10.6 Å². The third kappa shape index (κ3) is 3.01. The lowest BCUT2D eigenvalue weighted by Crippen LogP contribution is -2.56. The van der Waals surface area contributed by atoms with Gasteiger partial charge in [-0.05, 0) is 45.7 Å². The molecule has 0 aromatic heterocycles. The zero-order valence-electron chi connectivity index (χ0n) is 11.3. The van der Waals surface area contributed by atoms with Crippen LogP contribution in [-0.4, -0.2) is 24.5 Å². The van der Waals surface area contributed by atoms with E-state index in [0.29, 0.717) is 5.91 Å². The van der Waals surface area contributed by atoms with E-state index in [0.717, 1.165) is 38.8 Å². The molecule has 0 radical (unpaired) electrons. The third-order valence-corrected chi connectivity index (χ3v) is 4.63. The Balaban J connectivity index is 1.95. The molecule has 2 aliphatic rings. The monoisotopic (exact) mass is 238 g/mol. The number of piperidine rings is 1. The van der Waals surface area contributed by atoms with Gasteiger partial charge >= 0.3 is 0 Å². The Labute approximate surface area is 105 Å². The van der Waals surface area contributed by atoms with Crippen molar-refractivity contribution in [2.75, 3.05) is 13.1 Å². The normalized spacial score (nSPS) is 27.4. The fourth-order valence-corrected chi connectivity index (χ4v) is 3.09. The minimum Gasteiger partial charge on any atom is -0.350 e. The molecule has 1 aliphatic heterocycles. The second-order valence-corrected chi connectivity index (χ2v) is 6.39. The summed E-state index contributed by atoms with van der Waals surface area (Å²) in [7, 11) is 0. The van der Waals surface area contributed by atoms with Crippen molar-refractivity contribution in [2.45, 2.75) is 64.3 Å². The van der Waals surface area contributed by atoms with Crippen molar-refractivity contribution in [3.8, 4) is 0 Å². The third-order valence-electron chi connectivity index (χ3n) is 4.63. The van der Waals surface area contributed by atoms with Gasteiger partial charge in [-0.25, -0.2) is 0 Å². The fraction of sp³-hybridized carbons (Fsp3) is 0.929. The van der Waals surface area contributed by atoms with Crippen molar-refractivity contribution in [2.24, 2.45) is 5.41 Å². The van der Waals surface area contributed by atoms with Crippen LogP contribution in [0.1, 0.15) is 58.8 Å². The lowest BCUT2D eigenvalue weighted by molar-refractivity contribution is -0.134. The molecule has 2 rings (SSSR count). The molecule has 0 unspecified atom stereocenters. The number of hydrogen-bond donors (Lipinski definition) is 2. The molecule has 2 N–H and O–H groups in total. The Hall–Kier alpha value is -0.570. The van der Waals surface area contributed by atoms with E-state index in [-0.39, 0.29) is 11.0 Å². The van der Waals surface area contributed by atoms with E-state index in [9.17, 15) is 4.79 Å². The molecule has 17 heavy (non-hydrogen) atoms. The molecule has 0 aromatic carbocycles. The van der Waals surface area contributed by atoms with Gasteiger partial charge in [0.1, 0.15) is 0 Å². The molecule has 0 atom stereocenters. The molecular weight excluding hydrogens is 212 g/mol. The summed E-state index contributed by atoms with van der Waals surface area (Å²) in [6.45, 7) is 6.38. The average molecular weight is 238 g/mol. The molecule has 1 aliphatic carbocycles. The summed E-state index contributed by atoms with van der Waals surface area (Å²) in [5.74, 6) is 0.293. The maximum absolute atomic E-state index is 12.5. The van der Waals surface area contributed by atoms with Crippen LogP contribution in [0.2, 0.25) is 0 Å². The van der Waals surface area contributed by atoms with E-state index in [1.165, 1.54) is 19.3 Å². The van der Waals surface area contributed by atoms with Gasteiger partial charge in [0.15, 0.2) is 0 Å². The summed E-state index contributed by atoms with van der Waals surface area (Å²) in [6, 6.07) is 0. The van der Waals surface area contributed by atoms with Crippen LogP contribution in [0.3, 0.4) is 0 Å². The SMILES string of the molecule is CC1(NC(=O)C2(C)CCCCC2)CCNCC1. The molecule has 1 amide bonds. The fourth-order valence-electron chi connectivity index (χ4n) is 3.09. The van der Waals surface area contributed by atoms with E-state index < -0.39 is 0 Å². The maximum Gasteiger partial charge on any atom is 0.226 e. The zero-order valence-corrected chi connectivity index (χ0v) is 11.3. The lowest BCUT2D eigenvalue weighted by atomic mass is 9.74. The van der Waals surface area contributed by atoms with Gasteiger partial charge in [-0.3, -0.25) is 4.79 Å². The number of rotatable bonds is 2. The minimum absolute atomic E-state index is 0.0167. The van der Waals surface area contributed by atoms with Crippen LogP contribution in [-0.2, 0) is 4.79 Å². The first-order chi connectivity index (χ1) is 8.04. The van der Waals surface area contributed by atoms with Gasteiger partial charge in [0.05, 0.1) is 0 Å². The molecule has 3 heteroatoms. The van der Waals surface area contributed by atoms with Gasteiger partial charge in [-0.1, -0.05) is 26.2 Å². The Bertz CT molecular complexity index is 276. The van der Waals surface area contributed by atoms with E-state index >= 15 is 0 Å². The van der Waals surface area contributed by atoms with Crippen molar-refractivity contribution < 1.29 is 4.79 Å². The van der Waals surface area contributed by atoms with Crippen LogP contribution in [0.25, 0.3) is 0 Å². The summed E-state index contributed by atoms with van der Waals surface area (Å²) >= 11 is 0. The van der Waals surface area contributed by atoms with Gasteiger partial charge in [0, 0.05) is 11.0 Å². The van der Waals surface area contributed by atoms with E-state index in [2.05, 4.69) is 24.5 Å². The average Bonchev–Trinajstić information content (AvgIpc) is 2.30. The summed E-state index contributed by atoms with van der Waals surface area (Å²) in [6.07, 6.45) is 7.94. The number of amides is 1. The lowest BCUT2D eigenvalue weighted by Gasteiger charge is -2.40. The molecule has 0 bridgehead atoms. The van der Waals surface area contributed by atoms with Crippen molar-refractivity contribution in [3.05, 3.63) is 0 Å². The summed E-state index contributed by atoms with van der Waals surface area (Å²) < 4.78 is 0. The molecule has 1 heterocycles. The van der Waals surface area contributed by atoms with E-state index in [1.807, 2.05) is 0 Å².